The number of benzodiazepines with no additional fused rings is 1. The highest BCUT2D eigenvalue weighted by molar-refractivity contribution is 6.33. The van der Waals surface area contributed by atoms with Crippen LogP contribution in [0.2, 0.25) is 5.02 Å². The van der Waals surface area contributed by atoms with Crippen LogP contribution in [0, 0.1) is 0 Å². The van der Waals surface area contributed by atoms with Crippen molar-refractivity contribution in [1.29, 1.82) is 0 Å². The Bertz CT molecular complexity index is 1490. The molecule has 0 fully saturated rings. The summed E-state index contributed by atoms with van der Waals surface area (Å²) in [5.74, 6) is -0.873. The number of halogens is 1. The maximum atomic E-state index is 13.7. The van der Waals surface area contributed by atoms with Gasteiger partial charge in [-0.25, -0.2) is 9.89 Å². The summed E-state index contributed by atoms with van der Waals surface area (Å²) in [6.45, 7) is 5.70. The fourth-order valence-corrected chi connectivity index (χ4v) is 5.21. The normalized spacial score (nSPS) is 18.7. The number of carbonyl (C=O) groups is 2. The molecule has 0 N–H and O–H groups in total. The first-order valence-electron chi connectivity index (χ1n) is 11.7. The second-order valence-corrected chi connectivity index (χ2v) is 9.89. The van der Waals surface area contributed by atoms with Gasteiger partial charge < -0.3 is 4.90 Å². The van der Waals surface area contributed by atoms with E-state index in [4.69, 9.17) is 16.6 Å². The van der Waals surface area contributed by atoms with Gasteiger partial charge in [0.25, 0.3) is 5.91 Å². The molecule has 6 heteroatoms. The van der Waals surface area contributed by atoms with Crippen molar-refractivity contribution in [2.24, 2.45) is 4.99 Å². The number of fused-ring (bicyclic) bond motifs is 2. The summed E-state index contributed by atoms with van der Waals surface area (Å²) in [6, 6.07) is 23.0. The molecule has 0 atom stereocenters. The highest BCUT2D eigenvalue weighted by Crippen LogP contribution is 2.46. The van der Waals surface area contributed by atoms with Crippen LogP contribution in [0.4, 0.5) is 11.4 Å². The molecule has 0 spiro atoms. The summed E-state index contributed by atoms with van der Waals surface area (Å²) >= 11 is 6.35. The van der Waals surface area contributed by atoms with Crippen LogP contribution in [0.25, 0.3) is 0 Å². The van der Waals surface area contributed by atoms with Crippen molar-refractivity contribution in [2.75, 3.05) is 16.8 Å². The Balaban J connectivity index is 1.72. The lowest BCUT2D eigenvalue weighted by atomic mass is 9.84. The molecule has 3 aromatic rings. The van der Waals surface area contributed by atoms with Crippen molar-refractivity contribution in [1.82, 2.24) is 0 Å². The summed E-state index contributed by atoms with van der Waals surface area (Å²) in [6.07, 6.45) is 3.65. The SMILES string of the molecule is CC(=O)N1C(=O)C(=CC=C2N(C)c3ccccc3C2(C)C)N=C(c2ccccc2)c2cc(Cl)ccc21. The van der Waals surface area contributed by atoms with Crippen LogP contribution in [0.15, 0.2) is 101 Å². The summed E-state index contributed by atoms with van der Waals surface area (Å²) in [5, 5.41) is 0.495. The minimum atomic E-state index is -0.482. The van der Waals surface area contributed by atoms with Crippen molar-refractivity contribution in [2.45, 2.75) is 26.2 Å². The highest BCUT2D eigenvalue weighted by Gasteiger charge is 2.38. The lowest BCUT2D eigenvalue weighted by molar-refractivity contribution is -0.123. The van der Waals surface area contributed by atoms with Gasteiger partial charge in [-0.15, -0.1) is 0 Å². The topological polar surface area (TPSA) is 53.0 Å². The third-order valence-corrected chi connectivity index (χ3v) is 7.05. The second kappa shape index (κ2) is 8.92. The van der Waals surface area contributed by atoms with Crippen LogP contribution in [-0.2, 0) is 15.0 Å². The van der Waals surface area contributed by atoms with E-state index in [0.29, 0.717) is 22.0 Å². The average Bonchev–Trinajstić information content (AvgIpc) is 2.97. The van der Waals surface area contributed by atoms with E-state index in [1.807, 2.05) is 55.6 Å². The molecule has 36 heavy (non-hydrogen) atoms. The fraction of sp³-hybridized carbons (Fsp3) is 0.167. The molecule has 5 nitrogen and oxygen atoms in total. The van der Waals surface area contributed by atoms with Crippen LogP contribution in [0.1, 0.15) is 37.5 Å². The first-order valence-corrected chi connectivity index (χ1v) is 12.1. The number of amides is 2. The smallest absolute Gasteiger partial charge is 0.283 e. The number of benzene rings is 3. The molecule has 0 aliphatic carbocycles. The van der Waals surface area contributed by atoms with Gasteiger partial charge in [0.15, 0.2) is 0 Å². The van der Waals surface area contributed by atoms with Crippen LogP contribution in [0.3, 0.4) is 0 Å². The summed E-state index contributed by atoms with van der Waals surface area (Å²) in [4.78, 5) is 34.6. The molecular weight excluding hydrogens is 470 g/mol. The van der Waals surface area contributed by atoms with E-state index in [2.05, 4.69) is 30.9 Å². The molecule has 2 aliphatic rings. The zero-order chi connectivity index (χ0) is 25.6. The Kier molecular flexibility index (Phi) is 5.89. The number of rotatable bonds is 2. The third-order valence-electron chi connectivity index (χ3n) is 6.81. The third kappa shape index (κ3) is 3.86. The van der Waals surface area contributed by atoms with Gasteiger partial charge in [-0.2, -0.15) is 0 Å². The molecule has 0 aromatic heterocycles. The van der Waals surface area contributed by atoms with Crippen molar-refractivity contribution < 1.29 is 9.59 Å². The standard InChI is InChI=1S/C30H26ClN3O2/c1-19(35)34-25-16-14-21(31)18-22(25)28(20-10-6-5-7-11-20)32-24(29(34)36)15-17-27-30(2,3)23-12-8-9-13-26(23)33(27)4/h5-18H,1-4H3. The molecular formula is C30H26ClN3O2. The number of hydrogen-bond acceptors (Lipinski definition) is 4. The predicted molar refractivity (Wildman–Crippen MR) is 146 cm³/mol. The summed E-state index contributed by atoms with van der Waals surface area (Å²) in [5.41, 5.74) is 5.76. The van der Waals surface area contributed by atoms with Crippen LogP contribution >= 0.6 is 11.6 Å². The number of allylic oxidation sites excluding steroid dienone is 3. The van der Waals surface area contributed by atoms with E-state index >= 15 is 0 Å². The average molecular weight is 496 g/mol. The van der Waals surface area contributed by atoms with Gasteiger partial charge in [-0.05, 0) is 42.0 Å². The van der Waals surface area contributed by atoms with Crippen LogP contribution in [-0.4, -0.2) is 24.6 Å². The van der Waals surface area contributed by atoms with Gasteiger partial charge in [0.05, 0.1) is 11.4 Å². The van der Waals surface area contributed by atoms with Gasteiger partial charge >= 0.3 is 0 Å². The van der Waals surface area contributed by atoms with E-state index in [1.165, 1.54) is 17.4 Å². The van der Waals surface area contributed by atoms with Crippen LogP contribution in [0.5, 0.6) is 0 Å². The molecule has 2 amide bonds. The van der Waals surface area contributed by atoms with Gasteiger partial charge in [-0.3, -0.25) is 9.59 Å². The molecule has 3 aromatic carbocycles. The van der Waals surface area contributed by atoms with Crippen molar-refractivity contribution in [3.8, 4) is 0 Å². The minimum Gasteiger partial charge on any atom is -0.347 e. The fourth-order valence-electron chi connectivity index (χ4n) is 5.04. The number of imide groups is 1. The van der Waals surface area contributed by atoms with E-state index in [-0.39, 0.29) is 11.1 Å². The first-order chi connectivity index (χ1) is 17.2. The first kappa shape index (κ1) is 23.8. The molecule has 2 heterocycles. The van der Waals surface area contributed by atoms with Gasteiger partial charge in [0, 0.05) is 46.9 Å². The molecule has 2 aliphatic heterocycles. The van der Waals surface area contributed by atoms with E-state index in [1.54, 1.807) is 24.3 Å². The molecule has 0 radical (unpaired) electrons. The number of nitrogens with zero attached hydrogens (tertiary/aromatic N) is 3. The molecule has 5 rings (SSSR count). The van der Waals surface area contributed by atoms with E-state index < -0.39 is 11.8 Å². The largest absolute Gasteiger partial charge is 0.347 e. The zero-order valence-electron chi connectivity index (χ0n) is 20.6. The van der Waals surface area contributed by atoms with Crippen molar-refractivity contribution >= 4 is 40.5 Å². The van der Waals surface area contributed by atoms with Gasteiger partial charge in [0.2, 0.25) is 5.91 Å². The van der Waals surface area contributed by atoms with E-state index in [9.17, 15) is 9.59 Å². The van der Waals surface area contributed by atoms with E-state index in [0.717, 1.165) is 16.9 Å². The lowest BCUT2D eigenvalue weighted by Crippen LogP contribution is -2.35. The number of carbonyl (C=O) groups excluding carboxylic acids is 2. The lowest BCUT2D eigenvalue weighted by Gasteiger charge is -2.24. The Morgan fingerprint density at radius 1 is 0.944 bits per heavy atom. The Morgan fingerprint density at radius 2 is 1.64 bits per heavy atom. The summed E-state index contributed by atoms with van der Waals surface area (Å²) in [7, 11) is 2.02. The van der Waals surface area contributed by atoms with Crippen molar-refractivity contribution in [3.05, 3.63) is 118 Å². The number of para-hydroxylation sites is 1. The number of likely N-dealkylation sites (N-methyl/N-ethyl adjacent to an activating group) is 1. The number of aliphatic imine (C=N–C) groups is 1. The highest BCUT2D eigenvalue weighted by atomic mass is 35.5. The van der Waals surface area contributed by atoms with Crippen molar-refractivity contribution in [3.63, 3.8) is 0 Å². The number of hydrogen-bond donors (Lipinski definition) is 0. The second-order valence-electron chi connectivity index (χ2n) is 9.45. The monoisotopic (exact) mass is 495 g/mol. The predicted octanol–water partition coefficient (Wildman–Crippen LogP) is 6.27. The minimum absolute atomic E-state index is 0.170. The zero-order valence-corrected chi connectivity index (χ0v) is 21.4. The summed E-state index contributed by atoms with van der Waals surface area (Å²) < 4.78 is 0. The quantitative estimate of drug-likeness (QED) is 0.394. The Morgan fingerprint density at radius 3 is 2.33 bits per heavy atom. The maximum absolute atomic E-state index is 13.7. The Labute approximate surface area is 216 Å². The molecule has 0 saturated heterocycles. The molecule has 0 saturated carbocycles. The number of anilines is 2. The molecule has 0 unspecified atom stereocenters. The maximum Gasteiger partial charge on any atom is 0.283 e. The van der Waals surface area contributed by atoms with Gasteiger partial charge in [0.1, 0.15) is 5.70 Å². The Hall–Kier alpha value is -3.96. The molecule has 0 bridgehead atoms. The molecule has 180 valence electrons. The van der Waals surface area contributed by atoms with Crippen LogP contribution < -0.4 is 9.80 Å². The van der Waals surface area contributed by atoms with Gasteiger partial charge in [-0.1, -0.05) is 74.0 Å².